The number of benzene rings is 1. The number of aromatic nitrogens is 3. The number of anilines is 1. The average Bonchev–Trinajstić information content (AvgIpc) is 2.71. The topological polar surface area (TPSA) is 86.0 Å². The van der Waals surface area contributed by atoms with Crippen LogP contribution in [0.3, 0.4) is 0 Å². The van der Waals surface area contributed by atoms with Crippen molar-refractivity contribution in [2.45, 2.75) is 19.8 Å². The molecule has 28 heavy (non-hydrogen) atoms. The van der Waals surface area contributed by atoms with Gasteiger partial charge in [0.1, 0.15) is 5.39 Å². The van der Waals surface area contributed by atoms with Gasteiger partial charge in [-0.05, 0) is 23.6 Å². The van der Waals surface area contributed by atoms with Crippen LogP contribution in [0.5, 0.6) is 0 Å². The average molecular weight is 378 g/mol. The van der Waals surface area contributed by atoms with Gasteiger partial charge in [0.25, 0.3) is 5.56 Å². The largest absolute Gasteiger partial charge is 0.332 e. The van der Waals surface area contributed by atoms with Crippen molar-refractivity contribution in [3.05, 3.63) is 74.6 Å². The highest BCUT2D eigenvalue weighted by Crippen LogP contribution is 2.24. The first kappa shape index (κ1) is 19.3. The van der Waals surface area contributed by atoms with Gasteiger partial charge in [-0.1, -0.05) is 43.7 Å². The molecule has 1 amide bonds. The van der Waals surface area contributed by atoms with Gasteiger partial charge >= 0.3 is 5.69 Å². The van der Waals surface area contributed by atoms with Gasteiger partial charge in [-0.2, -0.15) is 0 Å². The van der Waals surface area contributed by atoms with Crippen LogP contribution in [-0.4, -0.2) is 20.0 Å². The monoisotopic (exact) mass is 378 g/mol. The molecule has 0 fully saturated rings. The molecule has 7 nitrogen and oxygen atoms in total. The Morgan fingerprint density at radius 2 is 1.86 bits per heavy atom. The van der Waals surface area contributed by atoms with Crippen molar-refractivity contribution in [2.24, 2.45) is 14.1 Å². The van der Waals surface area contributed by atoms with E-state index in [2.05, 4.69) is 10.3 Å². The van der Waals surface area contributed by atoms with Gasteiger partial charge in [-0.15, -0.1) is 0 Å². The van der Waals surface area contributed by atoms with Crippen molar-refractivity contribution in [2.75, 3.05) is 5.32 Å². The summed E-state index contributed by atoms with van der Waals surface area (Å²) in [5.74, 6) is -0.357. The van der Waals surface area contributed by atoms with Gasteiger partial charge in [0.15, 0.2) is 5.65 Å². The third-order valence-corrected chi connectivity index (χ3v) is 4.54. The predicted molar refractivity (Wildman–Crippen MR) is 110 cm³/mol. The maximum absolute atomic E-state index is 12.8. The summed E-state index contributed by atoms with van der Waals surface area (Å²) in [6, 6.07) is 9.45. The Balaban J connectivity index is 2.11. The minimum Gasteiger partial charge on any atom is -0.321 e. The van der Waals surface area contributed by atoms with E-state index >= 15 is 0 Å². The molecule has 0 unspecified atom stereocenters. The number of rotatable bonds is 5. The van der Waals surface area contributed by atoms with Gasteiger partial charge in [0, 0.05) is 26.4 Å². The van der Waals surface area contributed by atoms with E-state index in [0.717, 1.165) is 22.1 Å². The van der Waals surface area contributed by atoms with Crippen molar-refractivity contribution < 1.29 is 4.79 Å². The summed E-state index contributed by atoms with van der Waals surface area (Å²) in [5, 5.41) is 3.06. The van der Waals surface area contributed by atoms with E-state index in [4.69, 9.17) is 0 Å². The Labute approximate surface area is 162 Å². The zero-order chi connectivity index (χ0) is 20.3. The van der Waals surface area contributed by atoms with Crippen LogP contribution >= 0.6 is 0 Å². The van der Waals surface area contributed by atoms with Gasteiger partial charge in [0.05, 0.1) is 5.69 Å². The number of nitrogens with one attached hydrogen (secondary N) is 1. The minimum absolute atomic E-state index is 0.233. The first-order chi connectivity index (χ1) is 13.4. The van der Waals surface area contributed by atoms with E-state index in [1.54, 1.807) is 19.3 Å². The molecule has 0 saturated carbocycles. The number of hydrogen-bond donors (Lipinski definition) is 1. The summed E-state index contributed by atoms with van der Waals surface area (Å²) in [6.07, 6.45) is 6.20. The summed E-state index contributed by atoms with van der Waals surface area (Å²) in [7, 11) is 2.97. The molecule has 3 rings (SSSR count). The molecule has 1 N–H and O–H groups in total. The van der Waals surface area contributed by atoms with Crippen LogP contribution < -0.4 is 16.6 Å². The fraction of sp³-hybridized carbons (Fsp3) is 0.238. The first-order valence-corrected chi connectivity index (χ1v) is 9.05. The lowest BCUT2D eigenvalue weighted by Gasteiger charge is -2.14. The summed E-state index contributed by atoms with van der Waals surface area (Å²) in [6.45, 7) is 2.00. The maximum atomic E-state index is 12.8. The summed E-state index contributed by atoms with van der Waals surface area (Å²) in [4.78, 5) is 41.8. The fourth-order valence-electron chi connectivity index (χ4n) is 3.07. The summed E-state index contributed by atoms with van der Waals surface area (Å²) in [5.41, 5.74) is 1.36. The molecule has 0 aliphatic rings. The van der Waals surface area contributed by atoms with Gasteiger partial charge in [-0.3, -0.25) is 18.7 Å². The number of aryl methyl sites for hydroxylation is 2. The number of nitrogens with zero attached hydrogens (tertiary/aromatic N) is 3. The summed E-state index contributed by atoms with van der Waals surface area (Å²) >= 11 is 0. The Morgan fingerprint density at radius 3 is 2.54 bits per heavy atom. The normalized spacial score (nSPS) is 11.2. The molecule has 0 saturated heterocycles. The minimum atomic E-state index is -0.481. The number of hydrogen-bond acceptors (Lipinski definition) is 4. The standard InChI is InChI=1S/C21H22N4O3/c1-4-8-15-13-22-19-17(20(27)25(3)21(28)24(19)2)18(15)23-16(26)12-11-14-9-6-5-7-10-14/h5-7,9-13H,4,8H2,1-3H3,(H,22,23,26)/b12-11-. The Hall–Kier alpha value is -3.48. The van der Waals surface area contributed by atoms with Crippen LogP contribution in [0, 0.1) is 0 Å². The molecule has 144 valence electrons. The van der Waals surface area contributed by atoms with E-state index in [1.807, 2.05) is 37.3 Å². The summed E-state index contributed by atoms with van der Waals surface area (Å²) < 4.78 is 2.33. The highest BCUT2D eigenvalue weighted by atomic mass is 16.2. The number of carbonyl (C=O) groups excluding carboxylic acids is 1. The first-order valence-electron chi connectivity index (χ1n) is 9.05. The second-order valence-corrected chi connectivity index (χ2v) is 6.55. The van der Waals surface area contributed by atoms with Crippen molar-refractivity contribution in [1.29, 1.82) is 0 Å². The van der Waals surface area contributed by atoms with E-state index in [-0.39, 0.29) is 16.9 Å². The van der Waals surface area contributed by atoms with Crippen LogP contribution in [0.15, 0.2) is 52.2 Å². The SMILES string of the molecule is CCCc1cnc2c(c1NC(=O)/C=C\c1ccccc1)c(=O)n(C)c(=O)n2C. The van der Waals surface area contributed by atoms with Crippen LogP contribution in [0.25, 0.3) is 17.1 Å². The lowest BCUT2D eigenvalue weighted by molar-refractivity contribution is -0.111. The highest BCUT2D eigenvalue weighted by molar-refractivity contribution is 6.07. The highest BCUT2D eigenvalue weighted by Gasteiger charge is 2.18. The van der Waals surface area contributed by atoms with Gasteiger partial charge in [0.2, 0.25) is 5.91 Å². The van der Waals surface area contributed by atoms with E-state index in [1.165, 1.54) is 17.7 Å². The molecule has 2 heterocycles. The van der Waals surface area contributed by atoms with E-state index in [9.17, 15) is 14.4 Å². The molecular weight excluding hydrogens is 356 g/mol. The zero-order valence-corrected chi connectivity index (χ0v) is 16.1. The molecule has 0 aliphatic carbocycles. The molecule has 1 aromatic carbocycles. The van der Waals surface area contributed by atoms with E-state index in [0.29, 0.717) is 12.1 Å². The third-order valence-electron chi connectivity index (χ3n) is 4.54. The molecule has 0 atom stereocenters. The Bertz CT molecular complexity index is 1170. The number of amides is 1. The van der Waals surface area contributed by atoms with Crippen LogP contribution in [-0.2, 0) is 25.3 Å². The van der Waals surface area contributed by atoms with Gasteiger partial charge in [-0.25, -0.2) is 9.78 Å². The Kier molecular flexibility index (Phi) is 5.54. The number of carbonyl (C=O) groups is 1. The lowest BCUT2D eigenvalue weighted by atomic mass is 10.1. The number of pyridine rings is 1. The predicted octanol–water partition coefficient (Wildman–Crippen LogP) is 2.24. The Morgan fingerprint density at radius 1 is 1.14 bits per heavy atom. The molecule has 0 aliphatic heterocycles. The molecule has 0 bridgehead atoms. The van der Waals surface area contributed by atoms with Crippen molar-refractivity contribution in [3.63, 3.8) is 0 Å². The van der Waals surface area contributed by atoms with Crippen molar-refractivity contribution >= 4 is 28.7 Å². The third kappa shape index (κ3) is 3.64. The second-order valence-electron chi connectivity index (χ2n) is 6.55. The smallest absolute Gasteiger partial charge is 0.321 e. The van der Waals surface area contributed by atoms with E-state index < -0.39 is 11.2 Å². The van der Waals surface area contributed by atoms with Crippen LogP contribution in [0.2, 0.25) is 0 Å². The van der Waals surface area contributed by atoms with Crippen molar-refractivity contribution in [3.8, 4) is 0 Å². The molecule has 0 spiro atoms. The fourth-order valence-corrected chi connectivity index (χ4v) is 3.07. The van der Waals surface area contributed by atoms with Crippen LogP contribution in [0.1, 0.15) is 24.5 Å². The molecular formula is C21H22N4O3. The molecule has 3 aromatic rings. The maximum Gasteiger partial charge on any atom is 0.332 e. The lowest BCUT2D eigenvalue weighted by Crippen LogP contribution is -2.38. The second kappa shape index (κ2) is 8.04. The zero-order valence-electron chi connectivity index (χ0n) is 16.1. The van der Waals surface area contributed by atoms with Crippen LogP contribution in [0.4, 0.5) is 5.69 Å². The molecule has 0 radical (unpaired) electrons. The van der Waals surface area contributed by atoms with Gasteiger partial charge < -0.3 is 5.32 Å². The number of fused-ring (bicyclic) bond motifs is 1. The molecule has 7 heteroatoms. The molecule has 2 aromatic heterocycles. The van der Waals surface area contributed by atoms with Crippen molar-refractivity contribution in [1.82, 2.24) is 14.1 Å². The quantitative estimate of drug-likeness (QED) is 0.690.